The maximum absolute atomic E-state index is 9.94. The fraction of sp³-hybridized carbons (Fsp3) is 0.294. The number of ether oxygens (including phenoxy) is 2. The predicted molar refractivity (Wildman–Crippen MR) is 79.5 cm³/mol. The van der Waals surface area contributed by atoms with Crippen LogP contribution in [0.2, 0.25) is 0 Å². The summed E-state index contributed by atoms with van der Waals surface area (Å²) in [7, 11) is 1.59. The van der Waals surface area contributed by atoms with Gasteiger partial charge in [-0.1, -0.05) is 25.1 Å². The van der Waals surface area contributed by atoms with E-state index in [9.17, 15) is 5.11 Å². The zero-order chi connectivity index (χ0) is 14.5. The van der Waals surface area contributed by atoms with Gasteiger partial charge in [0, 0.05) is 0 Å². The molecule has 0 aliphatic rings. The Balaban J connectivity index is 2.37. The minimum Gasteiger partial charge on any atom is -0.496 e. The van der Waals surface area contributed by atoms with Gasteiger partial charge in [-0.2, -0.15) is 0 Å². The highest BCUT2D eigenvalue weighted by molar-refractivity contribution is 5.48. The average molecular weight is 272 g/mol. The maximum Gasteiger partial charge on any atom is 0.136 e. The number of methoxy groups -OCH3 is 1. The lowest BCUT2D eigenvalue weighted by Gasteiger charge is -2.16. The molecule has 0 fully saturated rings. The van der Waals surface area contributed by atoms with Gasteiger partial charge in [0.1, 0.15) is 17.2 Å². The van der Waals surface area contributed by atoms with E-state index in [4.69, 9.17) is 9.47 Å². The number of hydrogen-bond donors (Lipinski definition) is 1. The highest BCUT2D eigenvalue weighted by atomic mass is 16.5. The number of rotatable bonds is 5. The van der Waals surface area contributed by atoms with Gasteiger partial charge in [-0.25, -0.2) is 0 Å². The van der Waals surface area contributed by atoms with Gasteiger partial charge in [0.2, 0.25) is 0 Å². The quantitative estimate of drug-likeness (QED) is 0.890. The molecule has 2 rings (SSSR count). The molecule has 2 aromatic rings. The van der Waals surface area contributed by atoms with Crippen molar-refractivity contribution in [1.29, 1.82) is 0 Å². The SMILES string of the molecule is CCc1cccc(Oc2cccc(OC)c2[C@H](C)O)c1. The predicted octanol–water partition coefficient (Wildman–Crippen LogP) is 4.10. The number of hydrogen-bond acceptors (Lipinski definition) is 3. The molecule has 3 heteroatoms. The fourth-order valence-electron chi connectivity index (χ4n) is 2.16. The molecule has 0 aliphatic heterocycles. The van der Waals surface area contributed by atoms with Crippen molar-refractivity contribution in [2.75, 3.05) is 7.11 Å². The Hall–Kier alpha value is -2.00. The van der Waals surface area contributed by atoms with Crippen LogP contribution in [0.1, 0.15) is 31.1 Å². The molecule has 0 amide bonds. The lowest BCUT2D eigenvalue weighted by Crippen LogP contribution is -2.00. The summed E-state index contributed by atoms with van der Waals surface area (Å²) in [6.45, 7) is 3.80. The first-order valence-corrected chi connectivity index (χ1v) is 6.77. The smallest absolute Gasteiger partial charge is 0.136 e. The largest absolute Gasteiger partial charge is 0.496 e. The van der Waals surface area contributed by atoms with Crippen LogP contribution >= 0.6 is 0 Å². The maximum atomic E-state index is 9.94. The van der Waals surface area contributed by atoms with Gasteiger partial charge in [0.25, 0.3) is 0 Å². The van der Waals surface area contributed by atoms with Crippen molar-refractivity contribution in [3.05, 3.63) is 53.6 Å². The van der Waals surface area contributed by atoms with Crippen LogP contribution in [0.5, 0.6) is 17.2 Å². The topological polar surface area (TPSA) is 38.7 Å². The minimum atomic E-state index is -0.657. The molecule has 3 nitrogen and oxygen atoms in total. The van der Waals surface area contributed by atoms with Gasteiger partial charge in [-0.05, 0) is 43.2 Å². The van der Waals surface area contributed by atoms with Crippen LogP contribution in [-0.4, -0.2) is 12.2 Å². The van der Waals surface area contributed by atoms with Crippen LogP contribution in [0.4, 0.5) is 0 Å². The Morgan fingerprint density at radius 3 is 2.45 bits per heavy atom. The fourth-order valence-corrected chi connectivity index (χ4v) is 2.16. The van der Waals surface area contributed by atoms with Gasteiger partial charge < -0.3 is 14.6 Å². The highest BCUT2D eigenvalue weighted by Gasteiger charge is 2.15. The van der Waals surface area contributed by atoms with E-state index in [0.29, 0.717) is 17.1 Å². The summed E-state index contributed by atoms with van der Waals surface area (Å²) in [5.74, 6) is 2.01. The molecule has 2 aromatic carbocycles. The molecule has 1 atom stereocenters. The Morgan fingerprint density at radius 1 is 1.10 bits per heavy atom. The standard InChI is InChI=1S/C17H20O3/c1-4-13-7-5-8-14(11-13)20-16-10-6-9-15(19-3)17(16)12(2)18/h5-12,18H,4H2,1-3H3/t12-/m0/s1. The number of aliphatic hydroxyl groups excluding tert-OH is 1. The molecular formula is C17H20O3. The third-order valence-electron chi connectivity index (χ3n) is 3.20. The van der Waals surface area contributed by atoms with Crippen LogP contribution in [0.15, 0.2) is 42.5 Å². The van der Waals surface area contributed by atoms with Crippen LogP contribution in [-0.2, 0) is 6.42 Å². The number of aryl methyl sites for hydroxylation is 1. The highest BCUT2D eigenvalue weighted by Crippen LogP contribution is 2.36. The van der Waals surface area contributed by atoms with Gasteiger partial charge in [0.15, 0.2) is 0 Å². The first-order chi connectivity index (χ1) is 9.65. The van der Waals surface area contributed by atoms with E-state index in [1.54, 1.807) is 14.0 Å². The van der Waals surface area contributed by atoms with Gasteiger partial charge in [0.05, 0.1) is 18.8 Å². The molecule has 0 aliphatic carbocycles. The van der Waals surface area contributed by atoms with Crippen molar-refractivity contribution in [2.24, 2.45) is 0 Å². The van der Waals surface area contributed by atoms with E-state index in [0.717, 1.165) is 12.2 Å². The van der Waals surface area contributed by atoms with Gasteiger partial charge >= 0.3 is 0 Å². The second kappa shape index (κ2) is 6.44. The molecule has 0 unspecified atom stereocenters. The monoisotopic (exact) mass is 272 g/mol. The van der Waals surface area contributed by atoms with E-state index < -0.39 is 6.10 Å². The molecular weight excluding hydrogens is 252 g/mol. The van der Waals surface area contributed by atoms with E-state index in [1.165, 1.54) is 5.56 Å². The molecule has 0 spiro atoms. The molecule has 106 valence electrons. The normalized spacial score (nSPS) is 12.0. The van der Waals surface area contributed by atoms with Crippen molar-refractivity contribution in [1.82, 2.24) is 0 Å². The van der Waals surface area contributed by atoms with Crippen molar-refractivity contribution in [2.45, 2.75) is 26.4 Å². The summed E-state index contributed by atoms with van der Waals surface area (Å²) in [6.07, 6.45) is 0.300. The molecule has 0 saturated heterocycles. The molecule has 0 aromatic heterocycles. The van der Waals surface area contributed by atoms with Gasteiger partial charge in [-0.3, -0.25) is 0 Å². The van der Waals surface area contributed by atoms with E-state index >= 15 is 0 Å². The minimum absolute atomic E-state index is 0.618. The molecule has 20 heavy (non-hydrogen) atoms. The van der Waals surface area contributed by atoms with Crippen molar-refractivity contribution < 1.29 is 14.6 Å². The van der Waals surface area contributed by atoms with E-state index in [1.807, 2.05) is 36.4 Å². The first kappa shape index (κ1) is 14.4. The van der Waals surface area contributed by atoms with E-state index in [2.05, 4.69) is 13.0 Å². The lowest BCUT2D eigenvalue weighted by atomic mass is 10.1. The number of benzene rings is 2. The zero-order valence-electron chi connectivity index (χ0n) is 12.1. The van der Waals surface area contributed by atoms with Crippen LogP contribution in [0.3, 0.4) is 0 Å². The Labute approximate surface area is 119 Å². The molecule has 0 saturated carbocycles. The summed E-state index contributed by atoms with van der Waals surface area (Å²) >= 11 is 0. The molecule has 1 N–H and O–H groups in total. The molecule has 0 bridgehead atoms. The lowest BCUT2D eigenvalue weighted by molar-refractivity contribution is 0.190. The van der Waals surface area contributed by atoms with Crippen molar-refractivity contribution in [3.63, 3.8) is 0 Å². The third kappa shape index (κ3) is 3.11. The Bertz CT molecular complexity index is 576. The third-order valence-corrected chi connectivity index (χ3v) is 3.20. The van der Waals surface area contributed by atoms with Crippen molar-refractivity contribution in [3.8, 4) is 17.2 Å². The Kier molecular flexibility index (Phi) is 4.64. The Morgan fingerprint density at radius 2 is 1.80 bits per heavy atom. The molecule has 0 radical (unpaired) electrons. The van der Waals surface area contributed by atoms with E-state index in [-0.39, 0.29) is 0 Å². The van der Waals surface area contributed by atoms with Gasteiger partial charge in [-0.15, -0.1) is 0 Å². The summed E-state index contributed by atoms with van der Waals surface area (Å²) < 4.78 is 11.2. The number of aliphatic hydroxyl groups is 1. The van der Waals surface area contributed by atoms with Crippen LogP contribution in [0.25, 0.3) is 0 Å². The van der Waals surface area contributed by atoms with Crippen LogP contribution < -0.4 is 9.47 Å². The van der Waals surface area contributed by atoms with Crippen molar-refractivity contribution >= 4 is 0 Å². The second-order valence-corrected chi connectivity index (χ2v) is 4.65. The van der Waals surface area contributed by atoms with Crippen LogP contribution in [0, 0.1) is 0 Å². The average Bonchev–Trinajstić information content (AvgIpc) is 2.46. The summed E-state index contributed by atoms with van der Waals surface area (Å²) in [5.41, 5.74) is 1.88. The first-order valence-electron chi connectivity index (χ1n) is 6.77. The second-order valence-electron chi connectivity index (χ2n) is 4.65. The summed E-state index contributed by atoms with van der Waals surface area (Å²) in [4.78, 5) is 0. The zero-order valence-corrected chi connectivity index (χ0v) is 12.1. The summed E-state index contributed by atoms with van der Waals surface area (Å²) in [6, 6.07) is 13.4. The molecule has 0 heterocycles. The summed E-state index contributed by atoms with van der Waals surface area (Å²) in [5, 5.41) is 9.94.